The van der Waals surface area contributed by atoms with Crippen molar-refractivity contribution in [1.82, 2.24) is 5.43 Å². The first-order chi connectivity index (χ1) is 8.13. The summed E-state index contributed by atoms with van der Waals surface area (Å²) >= 11 is 1.52. The molecule has 0 amide bonds. The second kappa shape index (κ2) is 4.91. The van der Waals surface area contributed by atoms with Crippen molar-refractivity contribution in [3.63, 3.8) is 0 Å². The summed E-state index contributed by atoms with van der Waals surface area (Å²) < 4.78 is 26.5. The summed E-state index contributed by atoms with van der Waals surface area (Å²) in [7, 11) is 0. The number of thiophene rings is 1. The standard InChI is InChI=1S/C12H12F2N2S/c1-7-5-17-6-10(7)12(16-15)9-3-2-8(13)4-11(9)14/h2-6,12,16H,15H2,1H3. The lowest BCUT2D eigenvalue weighted by Crippen LogP contribution is -2.29. The number of hydrazine groups is 1. The van der Waals surface area contributed by atoms with Crippen LogP contribution in [0, 0.1) is 18.6 Å². The van der Waals surface area contributed by atoms with Gasteiger partial charge in [-0.3, -0.25) is 5.84 Å². The first kappa shape index (κ1) is 12.2. The number of rotatable bonds is 3. The van der Waals surface area contributed by atoms with Crippen LogP contribution in [0.1, 0.15) is 22.7 Å². The van der Waals surface area contributed by atoms with Crippen molar-refractivity contribution in [1.29, 1.82) is 0 Å². The minimum atomic E-state index is -0.599. The van der Waals surface area contributed by atoms with E-state index in [0.29, 0.717) is 5.56 Å². The van der Waals surface area contributed by atoms with E-state index in [1.807, 2.05) is 17.7 Å². The van der Waals surface area contributed by atoms with E-state index in [0.717, 1.165) is 17.2 Å². The Morgan fingerprint density at radius 2 is 2.00 bits per heavy atom. The quantitative estimate of drug-likeness (QED) is 0.653. The second-order valence-corrected chi connectivity index (χ2v) is 4.52. The van der Waals surface area contributed by atoms with Crippen LogP contribution in [0.5, 0.6) is 0 Å². The van der Waals surface area contributed by atoms with E-state index in [4.69, 9.17) is 5.84 Å². The number of aryl methyl sites for hydroxylation is 1. The molecule has 0 aliphatic rings. The fourth-order valence-corrected chi connectivity index (χ4v) is 2.63. The van der Waals surface area contributed by atoms with Gasteiger partial charge in [-0.15, -0.1) is 0 Å². The molecule has 1 aromatic carbocycles. The molecule has 0 saturated heterocycles. The van der Waals surface area contributed by atoms with Crippen molar-refractivity contribution in [2.75, 3.05) is 0 Å². The number of hydrogen-bond donors (Lipinski definition) is 2. The fourth-order valence-electron chi connectivity index (χ4n) is 1.75. The molecule has 17 heavy (non-hydrogen) atoms. The molecule has 5 heteroatoms. The molecule has 1 unspecified atom stereocenters. The topological polar surface area (TPSA) is 38.0 Å². The minimum Gasteiger partial charge on any atom is -0.271 e. The van der Waals surface area contributed by atoms with Crippen LogP contribution in [0.4, 0.5) is 8.78 Å². The third kappa shape index (κ3) is 2.36. The predicted octanol–water partition coefficient (Wildman–Crippen LogP) is 2.89. The van der Waals surface area contributed by atoms with Gasteiger partial charge in [0, 0.05) is 11.6 Å². The second-order valence-electron chi connectivity index (χ2n) is 3.78. The van der Waals surface area contributed by atoms with E-state index in [1.54, 1.807) is 0 Å². The Morgan fingerprint density at radius 3 is 2.53 bits per heavy atom. The highest BCUT2D eigenvalue weighted by Crippen LogP contribution is 2.28. The smallest absolute Gasteiger partial charge is 0.131 e. The van der Waals surface area contributed by atoms with Gasteiger partial charge in [0.2, 0.25) is 0 Å². The number of hydrogen-bond acceptors (Lipinski definition) is 3. The van der Waals surface area contributed by atoms with Gasteiger partial charge in [-0.25, -0.2) is 14.2 Å². The Bertz CT molecular complexity index is 525. The summed E-state index contributed by atoms with van der Waals surface area (Å²) in [5, 5.41) is 3.86. The van der Waals surface area contributed by atoms with Gasteiger partial charge in [0.15, 0.2) is 0 Å². The molecular weight excluding hydrogens is 242 g/mol. The number of nitrogens with one attached hydrogen (secondary N) is 1. The van der Waals surface area contributed by atoms with Gasteiger partial charge in [0.1, 0.15) is 11.6 Å². The van der Waals surface area contributed by atoms with E-state index in [1.165, 1.54) is 23.5 Å². The zero-order valence-corrected chi connectivity index (χ0v) is 10.0. The predicted molar refractivity (Wildman–Crippen MR) is 64.6 cm³/mol. The molecule has 3 N–H and O–H groups in total. The zero-order chi connectivity index (χ0) is 12.4. The third-order valence-electron chi connectivity index (χ3n) is 2.65. The van der Waals surface area contributed by atoms with Crippen molar-refractivity contribution in [2.24, 2.45) is 5.84 Å². The van der Waals surface area contributed by atoms with Crippen LogP contribution in [0.2, 0.25) is 0 Å². The molecule has 1 atom stereocenters. The Balaban J connectivity index is 2.46. The molecule has 0 bridgehead atoms. The van der Waals surface area contributed by atoms with Crippen LogP contribution < -0.4 is 11.3 Å². The number of halogens is 2. The van der Waals surface area contributed by atoms with E-state index in [-0.39, 0.29) is 0 Å². The van der Waals surface area contributed by atoms with Gasteiger partial charge in [-0.05, 0) is 34.9 Å². The molecule has 0 radical (unpaired) electrons. The molecule has 0 fully saturated rings. The highest BCUT2D eigenvalue weighted by atomic mass is 32.1. The summed E-state index contributed by atoms with van der Waals surface area (Å²) in [6.45, 7) is 1.93. The molecular formula is C12H12F2N2S. The van der Waals surface area contributed by atoms with Crippen molar-refractivity contribution in [3.8, 4) is 0 Å². The molecule has 0 aliphatic carbocycles. The third-order valence-corrected chi connectivity index (χ3v) is 3.53. The molecule has 2 nitrogen and oxygen atoms in total. The molecule has 0 saturated carbocycles. The minimum absolute atomic E-state index is 0.343. The van der Waals surface area contributed by atoms with Crippen LogP contribution in [0.25, 0.3) is 0 Å². The lowest BCUT2D eigenvalue weighted by atomic mass is 9.98. The SMILES string of the molecule is Cc1cscc1C(NN)c1ccc(F)cc1F. The Kier molecular flexibility index (Phi) is 3.51. The Labute approximate surface area is 102 Å². The maximum Gasteiger partial charge on any atom is 0.131 e. The highest BCUT2D eigenvalue weighted by Gasteiger charge is 2.19. The first-order valence-corrected chi connectivity index (χ1v) is 6.01. The van der Waals surface area contributed by atoms with Crippen molar-refractivity contribution in [3.05, 3.63) is 57.3 Å². The summed E-state index contributed by atoms with van der Waals surface area (Å²) in [6, 6.07) is 3.04. The Morgan fingerprint density at radius 1 is 1.24 bits per heavy atom. The van der Waals surface area contributed by atoms with E-state index < -0.39 is 17.7 Å². The summed E-state index contributed by atoms with van der Waals surface area (Å²) in [5.41, 5.74) is 4.84. The van der Waals surface area contributed by atoms with Crippen molar-refractivity contribution < 1.29 is 8.78 Å². The molecule has 0 aliphatic heterocycles. The van der Waals surface area contributed by atoms with Gasteiger partial charge in [-0.2, -0.15) is 11.3 Å². The van der Waals surface area contributed by atoms with Crippen molar-refractivity contribution in [2.45, 2.75) is 13.0 Å². The van der Waals surface area contributed by atoms with Gasteiger partial charge in [0.05, 0.1) is 6.04 Å². The van der Waals surface area contributed by atoms with Crippen LogP contribution in [0.3, 0.4) is 0 Å². The van der Waals surface area contributed by atoms with Gasteiger partial charge >= 0.3 is 0 Å². The number of nitrogens with two attached hydrogens (primary N) is 1. The van der Waals surface area contributed by atoms with Gasteiger partial charge in [0.25, 0.3) is 0 Å². The lowest BCUT2D eigenvalue weighted by molar-refractivity contribution is 0.541. The maximum absolute atomic E-state index is 13.7. The first-order valence-electron chi connectivity index (χ1n) is 5.07. The van der Waals surface area contributed by atoms with Gasteiger partial charge in [-0.1, -0.05) is 6.07 Å². The van der Waals surface area contributed by atoms with E-state index >= 15 is 0 Å². The van der Waals surface area contributed by atoms with Crippen LogP contribution >= 0.6 is 11.3 Å². The zero-order valence-electron chi connectivity index (χ0n) is 9.21. The summed E-state index contributed by atoms with van der Waals surface area (Å²) in [5.74, 6) is 4.27. The van der Waals surface area contributed by atoms with E-state index in [2.05, 4.69) is 5.43 Å². The van der Waals surface area contributed by atoms with Crippen LogP contribution in [-0.2, 0) is 0 Å². The Hall–Kier alpha value is -1.30. The average molecular weight is 254 g/mol. The lowest BCUT2D eigenvalue weighted by Gasteiger charge is -2.17. The molecule has 0 spiro atoms. The summed E-state index contributed by atoms with van der Waals surface area (Å²) in [4.78, 5) is 0. The largest absolute Gasteiger partial charge is 0.271 e. The molecule has 2 rings (SSSR count). The molecule has 1 heterocycles. The highest BCUT2D eigenvalue weighted by molar-refractivity contribution is 7.08. The molecule has 2 aromatic rings. The van der Waals surface area contributed by atoms with Crippen molar-refractivity contribution >= 4 is 11.3 Å². The average Bonchev–Trinajstić information content (AvgIpc) is 2.69. The normalized spacial score (nSPS) is 12.7. The van der Waals surface area contributed by atoms with Crippen LogP contribution in [-0.4, -0.2) is 0 Å². The van der Waals surface area contributed by atoms with Gasteiger partial charge < -0.3 is 0 Å². The summed E-state index contributed by atoms with van der Waals surface area (Å²) in [6.07, 6.45) is 0. The molecule has 90 valence electrons. The van der Waals surface area contributed by atoms with E-state index in [9.17, 15) is 8.78 Å². The fraction of sp³-hybridized carbons (Fsp3) is 0.167. The monoisotopic (exact) mass is 254 g/mol. The van der Waals surface area contributed by atoms with Crippen LogP contribution in [0.15, 0.2) is 29.0 Å². The number of benzene rings is 1. The molecule has 1 aromatic heterocycles. The maximum atomic E-state index is 13.7.